The number of carbonyl (C=O) groups is 1. The van der Waals surface area contributed by atoms with E-state index in [0.29, 0.717) is 6.42 Å². The molecule has 0 saturated carbocycles. The number of nitrogens with one attached hydrogen (secondary N) is 1. The number of Topliss-reactive ketones (excluding diaryl/α,β-unsaturated/α-hetero) is 1. The summed E-state index contributed by atoms with van der Waals surface area (Å²) in [7, 11) is 0. The topological polar surface area (TPSA) is 46.9 Å². The minimum absolute atomic E-state index is 0.130. The molecule has 0 saturated heterocycles. The first-order valence-corrected chi connectivity index (χ1v) is 9.57. The number of anilines is 1. The molecule has 5 rings (SSSR count). The van der Waals surface area contributed by atoms with Crippen molar-refractivity contribution in [1.82, 2.24) is 9.78 Å². The fraction of sp³-hybridized carbons (Fsp3) is 0.217. The van der Waals surface area contributed by atoms with Gasteiger partial charge in [0.25, 0.3) is 0 Å². The number of hydrogen-bond acceptors (Lipinski definition) is 3. The first-order valence-electron chi connectivity index (χ1n) is 9.57. The largest absolute Gasteiger partial charge is 0.343 e. The molecule has 140 valence electrons. The average molecular weight is 373 g/mol. The summed E-state index contributed by atoms with van der Waals surface area (Å²) >= 11 is 0. The van der Waals surface area contributed by atoms with Crippen LogP contribution in [-0.2, 0) is 4.79 Å². The smallest absolute Gasteiger partial charge is 0.161 e. The summed E-state index contributed by atoms with van der Waals surface area (Å²) < 4.78 is 15.2. The fourth-order valence-corrected chi connectivity index (χ4v) is 4.37. The van der Waals surface area contributed by atoms with Crippen LogP contribution in [0.5, 0.6) is 0 Å². The zero-order valence-electron chi connectivity index (χ0n) is 15.6. The van der Waals surface area contributed by atoms with Gasteiger partial charge in [-0.15, -0.1) is 0 Å². The highest BCUT2D eigenvalue weighted by Crippen LogP contribution is 2.47. The van der Waals surface area contributed by atoms with Gasteiger partial charge in [-0.05, 0) is 49.6 Å². The van der Waals surface area contributed by atoms with E-state index in [4.69, 9.17) is 5.10 Å². The van der Waals surface area contributed by atoms with E-state index in [1.54, 1.807) is 12.1 Å². The lowest BCUT2D eigenvalue weighted by Gasteiger charge is -2.33. The van der Waals surface area contributed by atoms with Crippen LogP contribution in [0.1, 0.15) is 42.0 Å². The van der Waals surface area contributed by atoms with E-state index in [-0.39, 0.29) is 17.5 Å². The van der Waals surface area contributed by atoms with Crippen LogP contribution in [-0.4, -0.2) is 15.6 Å². The molecular weight excluding hydrogens is 353 g/mol. The number of ketones is 1. The van der Waals surface area contributed by atoms with E-state index < -0.39 is 0 Å². The number of hydrogen-bond donors (Lipinski definition) is 1. The Kier molecular flexibility index (Phi) is 3.90. The zero-order chi connectivity index (χ0) is 19.3. The van der Waals surface area contributed by atoms with Gasteiger partial charge < -0.3 is 5.32 Å². The van der Waals surface area contributed by atoms with E-state index in [9.17, 15) is 9.18 Å². The molecule has 4 nitrogen and oxygen atoms in total. The minimum atomic E-state index is -0.278. The van der Waals surface area contributed by atoms with Crippen molar-refractivity contribution in [3.63, 3.8) is 0 Å². The molecule has 2 heterocycles. The Bertz CT molecular complexity index is 1100. The van der Waals surface area contributed by atoms with Gasteiger partial charge in [0.1, 0.15) is 11.6 Å². The van der Waals surface area contributed by atoms with Crippen molar-refractivity contribution in [3.8, 4) is 5.69 Å². The Labute approximate surface area is 162 Å². The van der Waals surface area contributed by atoms with Crippen LogP contribution in [0.2, 0.25) is 0 Å². The van der Waals surface area contributed by atoms with Crippen LogP contribution < -0.4 is 5.32 Å². The Balaban J connectivity index is 1.74. The molecule has 2 aliphatic rings. The number of aromatic nitrogens is 2. The van der Waals surface area contributed by atoms with E-state index in [0.717, 1.165) is 52.4 Å². The van der Waals surface area contributed by atoms with Crippen LogP contribution in [0, 0.1) is 12.7 Å². The van der Waals surface area contributed by atoms with E-state index in [1.165, 1.54) is 12.1 Å². The highest BCUT2D eigenvalue weighted by molar-refractivity contribution is 6.01. The number of fused-ring (bicyclic) bond motifs is 1. The number of allylic oxidation sites excluding steroid dienone is 2. The highest BCUT2D eigenvalue weighted by atomic mass is 19.1. The Morgan fingerprint density at radius 2 is 1.82 bits per heavy atom. The number of nitrogens with zero attached hydrogens (tertiary/aromatic N) is 2. The SMILES string of the molecule is Cc1nn(-c2ccc(F)cc2)c2c1[C@H](c1ccccc1)C1=C(CCCC1=O)N2. The van der Waals surface area contributed by atoms with Crippen molar-refractivity contribution in [1.29, 1.82) is 0 Å². The molecule has 1 N–H and O–H groups in total. The summed E-state index contributed by atoms with van der Waals surface area (Å²) in [6, 6.07) is 16.4. The summed E-state index contributed by atoms with van der Waals surface area (Å²) in [4.78, 5) is 12.9. The molecule has 28 heavy (non-hydrogen) atoms. The van der Waals surface area contributed by atoms with E-state index in [1.807, 2.05) is 29.8 Å². The molecule has 0 spiro atoms. The maximum atomic E-state index is 13.4. The summed E-state index contributed by atoms with van der Waals surface area (Å²) in [5, 5.41) is 8.24. The van der Waals surface area contributed by atoms with Gasteiger partial charge in [-0.1, -0.05) is 30.3 Å². The maximum absolute atomic E-state index is 13.4. The van der Waals surface area contributed by atoms with Crippen LogP contribution >= 0.6 is 0 Å². The van der Waals surface area contributed by atoms with Crippen LogP contribution in [0.4, 0.5) is 10.2 Å². The number of rotatable bonds is 2. The standard InChI is InChI=1S/C23H20FN3O/c1-14-20-21(15-6-3-2-4-7-15)22-18(8-5-9-19(22)28)25-23(20)27(26-14)17-12-10-16(24)11-13-17/h2-4,6-7,10-13,21,25H,5,8-9H2,1H3/t21-/m0/s1. The van der Waals surface area contributed by atoms with Crippen molar-refractivity contribution < 1.29 is 9.18 Å². The molecule has 0 bridgehead atoms. The monoisotopic (exact) mass is 373 g/mol. The molecule has 0 radical (unpaired) electrons. The molecule has 1 aliphatic heterocycles. The second-order valence-corrected chi connectivity index (χ2v) is 7.37. The molecule has 1 atom stereocenters. The van der Waals surface area contributed by atoms with E-state index in [2.05, 4.69) is 17.4 Å². The molecule has 0 fully saturated rings. The first kappa shape index (κ1) is 16.9. The highest BCUT2D eigenvalue weighted by Gasteiger charge is 2.38. The second kappa shape index (κ2) is 6.44. The molecule has 2 aromatic carbocycles. The van der Waals surface area contributed by atoms with Gasteiger partial charge in [0, 0.05) is 29.2 Å². The second-order valence-electron chi connectivity index (χ2n) is 7.37. The molecule has 3 aromatic rings. The zero-order valence-corrected chi connectivity index (χ0v) is 15.6. The van der Waals surface area contributed by atoms with Crippen LogP contribution in [0.25, 0.3) is 5.69 Å². The van der Waals surface area contributed by atoms with Gasteiger partial charge in [0.15, 0.2) is 5.78 Å². The van der Waals surface area contributed by atoms with E-state index >= 15 is 0 Å². The average Bonchev–Trinajstić information content (AvgIpc) is 3.04. The van der Waals surface area contributed by atoms with Gasteiger partial charge >= 0.3 is 0 Å². The maximum Gasteiger partial charge on any atom is 0.161 e. The number of carbonyl (C=O) groups excluding carboxylic acids is 1. The number of halogens is 1. The van der Waals surface area contributed by atoms with Gasteiger partial charge in [0.2, 0.25) is 0 Å². The summed E-state index contributed by atoms with van der Waals surface area (Å²) in [5.41, 5.74) is 5.62. The molecule has 0 amide bonds. The van der Waals surface area contributed by atoms with Crippen LogP contribution in [0.15, 0.2) is 65.9 Å². The predicted molar refractivity (Wildman–Crippen MR) is 106 cm³/mol. The Hall–Kier alpha value is -3.21. The van der Waals surface area contributed by atoms with Gasteiger partial charge in [0.05, 0.1) is 11.4 Å². The lowest BCUT2D eigenvalue weighted by molar-refractivity contribution is -0.116. The first-order chi connectivity index (χ1) is 13.6. The molecular formula is C23H20FN3O. The minimum Gasteiger partial charge on any atom is -0.343 e. The fourth-order valence-electron chi connectivity index (χ4n) is 4.37. The van der Waals surface area contributed by atoms with Crippen molar-refractivity contribution in [2.45, 2.75) is 32.1 Å². The van der Waals surface area contributed by atoms with Gasteiger partial charge in [-0.25, -0.2) is 9.07 Å². The van der Waals surface area contributed by atoms with Crippen molar-refractivity contribution in [2.24, 2.45) is 0 Å². The Morgan fingerprint density at radius 1 is 1.07 bits per heavy atom. The molecule has 5 heteroatoms. The number of benzene rings is 2. The molecule has 1 aromatic heterocycles. The van der Waals surface area contributed by atoms with Gasteiger partial charge in [-0.2, -0.15) is 5.10 Å². The molecule has 1 aliphatic carbocycles. The summed E-state index contributed by atoms with van der Waals surface area (Å²) in [6.45, 7) is 1.97. The third kappa shape index (κ3) is 2.58. The normalized spacial score (nSPS) is 18.5. The summed E-state index contributed by atoms with van der Waals surface area (Å²) in [6.07, 6.45) is 2.28. The lowest BCUT2D eigenvalue weighted by Crippen LogP contribution is -2.27. The number of aryl methyl sites for hydroxylation is 1. The van der Waals surface area contributed by atoms with Crippen molar-refractivity contribution >= 4 is 11.6 Å². The van der Waals surface area contributed by atoms with Crippen molar-refractivity contribution in [2.75, 3.05) is 5.32 Å². The predicted octanol–water partition coefficient (Wildman–Crippen LogP) is 4.88. The van der Waals surface area contributed by atoms with Crippen molar-refractivity contribution in [3.05, 3.63) is 88.5 Å². The third-order valence-electron chi connectivity index (χ3n) is 5.61. The lowest BCUT2D eigenvalue weighted by atomic mass is 9.76. The Morgan fingerprint density at radius 3 is 2.57 bits per heavy atom. The quantitative estimate of drug-likeness (QED) is 0.696. The molecule has 0 unspecified atom stereocenters. The van der Waals surface area contributed by atoms with Crippen LogP contribution in [0.3, 0.4) is 0 Å². The third-order valence-corrected chi connectivity index (χ3v) is 5.61. The summed E-state index contributed by atoms with van der Waals surface area (Å²) in [5.74, 6) is 0.669. The van der Waals surface area contributed by atoms with Gasteiger partial charge in [-0.3, -0.25) is 4.79 Å².